The summed E-state index contributed by atoms with van der Waals surface area (Å²) in [6.07, 6.45) is 0. The lowest BCUT2D eigenvalue weighted by molar-refractivity contribution is -0.121. The van der Waals surface area contributed by atoms with Gasteiger partial charge in [-0.2, -0.15) is 4.31 Å². The van der Waals surface area contributed by atoms with Crippen molar-refractivity contribution in [3.8, 4) is 11.5 Å². The number of nitrogens with zero attached hydrogens (tertiary/aromatic N) is 1. The van der Waals surface area contributed by atoms with Gasteiger partial charge >= 0.3 is 0 Å². The van der Waals surface area contributed by atoms with E-state index in [0.717, 1.165) is 9.87 Å². The van der Waals surface area contributed by atoms with E-state index in [1.54, 1.807) is 36.4 Å². The van der Waals surface area contributed by atoms with Gasteiger partial charge in [-0.1, -0.05) is 46.9 Å². The molecule has 0 spiro atoms. The molecule has 0 fully saturated rings. The SMILES string of the molecule is O=C(CN(Cc1ccc(Cl)c(Cl)c1)S(=O)(=O)c1ccc(Cl)cc1)NCc1ccc2c(c1)OCO2. The molecule has 3 aromatic rings. The summed E-state index contributed by atoms with van der Waals surface area (Å²) in [5, 5.41) is 3.78. The molecule has 1 aliphatic heterocycles. The first-order valence-electron chi connectivity index (χ1n) is 10.1. The zero-order chi connectivity index (χ0) is 24.3. The lowest BCUT2D eigenvalue weighted by Crippen LogP contribution is -2.40. The van der Waals surface area contributed by atoms with Gasteiger partial charge in [-0.3, -0.25) is 4.79 Å². The summed E-state index contributed by atoms with van der Waals surface area (Å²) >= 11 is 18.0. The molecule has 7 nitrogen and oxygen atoms in total. The third-order valence-corrected chi connectivity index (χ3v) is 7.84. The number of benzene rings is 3. The highest BCUT2D eigenvalue weighted by Crippen LogP contribution is 2.32. The first kappa shape index (κ1) is 24.6. The average molecular weight is 542 g/mol. The fraction of sp³-hybridized carbons (Fsp3) is 0.174. The van der Waals surface area contributed by atoms with Crippen molar-refractivity contribution in [3.05, 3.63) is 86.9 Å². The maximum Gasteiger partial charge on any atom is 0.243 e. The third kappa shape index (κ3) is 5.76. The van der Waals surface area contributed by atoms with E-state index in [1.807, 2.05) is 0 Å². The molecule has 3 aromatic carbocycles. The van der Waals surface area contributed by atoms with Gasteiger partial charge in [0.25, 0.3) is 0 Å². The minimum atomic E-state index is -4.02. The molecule has 1 aliphatic rings. The summed E-state index contributed by atoms with van der Waals surface area (Å²) in [6, 6.07) is 15.9. The number of sulfonamides is 1. The molecule has 0 saturated carbocycles. The first-order chi connectivity index (χ1) is 16.2. The summed E-state index contributed by atoms with van der Waals surface area (Å²) in [5.74, 6) is 0.755. The van der Waals surface area contributed by atoms with Gasteiger partial charge in [0.2, 0.25) is 22.7 Å². The van der Waals surface area contributed by atoms with Crippen molar-refractivity contribution in [1.29, 1.82) is 0 Å². The number of carbonyl (C=O) groups excluding carboxylic acids is 1. The smallest absolute Gasteiger partial charge is 0.243 e. The summed E-state index contributed by atoms with van der Waals surface area (Å²) in [7, 11) is -4.02. The monoisotopic (exact) mass is 540 g/mol. The van der Waals surface area contributed by atoms with Crippen molar-refractivity contribution in [3.63, 3.8) is 0 Å². The first-order valence-corrected chi connectivity index (χ1v) is 12.6. The number of fused-ring (bicyclic) bond motifs is 1. The number of ether oxygens (including phenoxy) is 2. The molecule has 0 aromatic heterocycles. The van der Waals surface area contributed by atoms with Crippen molar-refractivity contribution < 1.29 is 22.7 Å². The highest BCUT2D eigenvalue weighted by molar-refractivity contribution is 7.89. The molecule has 0 bridgehead atoms. The van der Waals surface area contributed by atoms with Crippen LogP contribution in [0.1, 0.15) is 11.1 Å². The van der Waals surface area contributed by atoms with Gasteiger partial charge in [-0.15, -0.1) is 0 Å². The van der Waals surface area contributed by atoms with Crippen molar-refractivity contribution in [1.82, 2.24) is 9.62 Å². The van der Waals surface area contributed by atoms with Crippen LogP contribution >= 0.6 is 34.8 Å². The fourth-order valence-electron chi connectivity index (χ4n) is 3.29. The maximum atomic E-state index is 13.4. The van der Waals surface area contributed by atoms with E-state index in [4.69, 9.17) is 44.3 Å². The average Bonchev–Trinajstić information content (AvgIpc) is 3.28. The van der Waals surface area contributed by atoms with Gasteiger partial charge < -0.3 is 14.8 Å². The molecule has 1 N–H and O–H groups in total. The molecule has 178 valence electrons. The standard InChI is InChI=1S/C23H19Cl3N2O5S/c24-17-3-5-18(6-4-17)34(30,31)28(12-16-1-7-19(25)20(26)9-16)13-23(29)27-11-15-2-8-21-22(10-15)33-14-32-21/h1-10H,11-14H2,(H,27,29). The summed E-state index contributed by atoms with van der Waals surface area (Å²) in [4.78, 5) is 12.8. The third-order valence-electron chi connectivity index (χ3n) is 5.04. The number of hydrogen-bond donors (Lipinski definition) is 1. The normalized spacial score (nSPS) is 12.7. The number of rotatable bonds is 8. The van der Waals surface area contributed by atoms with Gasteiger partial charge in [0.05, 0.1) is 21.5 Å². The minimum absolute atomic E-state index is 0.0144. The molecule has 0 aliphatic carbocycles. The Bertz CT molecular complexity index is 1320. The van der Waals surface area contributed by atoms with Crippen LogP contribution in [0.25, 0.3) is 0 Å². The van der Waals surface area contributed by atoms with Crippen molar-refractivity contribution in [2.75, 3.05) is 13.3 Å². The van der Waals surface area contributed by atoms with Crippen LogP contribution < -0.4 is 14.8 Å². The van der Waals surface area contributed by atoms with E-state index in [1.165, 1.54) is 24.3 Å². The van der Waals surface area contributed by atoms with Crippen molar-refractivity contribution in [2.45, 2.75) is 18.0 Å². The molecule has 11 heteroatoms. The molecule has 0 unspecified atom stereocenters. The van der Waals surface area contributed by atoms with Crippen molar-refractivity contribution in [2.24, 2.45) is 0 Å². The largest absolute Gasteiger partial charge is 0.454 e. The molecule has 0 saturated heterocycles. The second kappa shape index (κ2) is 10.4. The topological polar surface area (TPSA) is 84.9 Å². The van der Waals surface area contributed by atoms with Crippen LogP contribution in [0.2, 0.25) is 15.1 Å². The Balaban J connectivity index is 1.52. The van der Waals surface area contributed by atoms with Gasteiger partial charge in [-0.25, -0.2) is 8.42 Å². The highest BCUT2D eigenvalue weighted by Gasteiger charge is 2.27. The van der Waals surface area contributed by atoms with E-state index in [2.05, 4.69) is 5.32 Å². The molecular weight excluding hydrogens is 523 g/mol. The summed E-state index contributed by atoms with van der Waals surface area (Å²) in [5.41, 5.74) is 1.37. The fourth-order valence-corrected chi connectivity index (χ4v) is 5.12. The Morgan fingerprint density at radius 1 is 0.882 bits per heavy atom. The Labute approximate surface area is 212 Å². The lowest BCUT2D eigenvalue weighted by atomic mass is 10.2. The molecule has 1 heterocycles. The van der Waals surface area contributed by atoms with E-state index in [0.29, 0.717) is 27.1 Å². The highest BCUT2D eigenvalue weighted by atomic mass is 35.5. The summed E-state index contributed by atoms with van der Waals surface area (Å²) in [6.45, 7) is -0.149. The van der Waals surface area contributed by atoms with E-state index in [9.17, 15) is 13.2 Å². The zero-order valence-electron chi connectivity index (χ0n) is 17.6. The molecule has 34 heavy (non-hydrogen) atoms. The quantitative estimate of drug-likeness (QED) is 0.439. The zero-order valence-corrected chi connectivity index (χ0v) is 20.7. The van der Waals surface area contributed by atoms with Gasteiger partial charge in [0, 0.05) is 18.1 Å². The minimum Gasteiger partial charge on any atom is -0.454 e. The molecular formula is C23H19Cl3N2O5S. The Morgan fingerprint density at radius 3 is 2.32 bits per heavy atom. The summed E-state index contributed by atoms with van der Waals surface area (Å²) < 4.78 is 38.4. The number of nitrogens with one attached hydrogen (secondary N) is 1. The number of halogens is 3. The second-order valence-corrected chi connectivity index (χ2v) is 10.6. The molecule has 0 atom stereocenters. The van der Waals surface area contributed by atoms with Crippen LogP contribution in [-0.2, 0) is 27.9 Å². The number of carbonyl (C=O) groups is 1. The van der Waals surface area contributed by atoms with Gasteiger partial charge in [0.15, 0.2) is 11.5 Å². The van der Waals surface area contributed by atoms with E-state index < -0.39 is 22.5 Å². The van der Waals surface area contributed by atoms with Crippen LogP contribution in [0.3, 0.4) is 0 Å². The Hall–Kier alpha value is -2.49. The second-order valence-electron chi connectivity index (χ2n) is 7.44. The van der Waals surface area contributed by atoms with Crippen LogP contribution in [0, 0.1) is 0 Å². The predicted octanol–water partition coefficient (Wildman–Crippen LogP) is 4.88. The van der Waals surface area contributed by atoms with Crippen LogP contribution in [0.15, 0.2) is 65.6 Å². The van der Waals surface area contributed by atoms with Crippen LogP contribution in [0.5, 0.6) is 11.5 Å². The van der Waals surface area contributed by atoms with Crippen molar-refractivity contribution >= 4 is 50.7 Å². The van der Waals surface area contributed by atoms with Crippen LogP contribution in [-0.4, -0.2) is 32.0 Å². The maximum absolute atomic E-state index is 13.4. The lowest BCUT2D eigenvalue weighted by Gasteiger charge is -2.22. The predicted molar refractivity (Wildman–Crippen MR) is 130 cm³/mol. The molecule has 0 radical (unpaired) electrons. The number of amides is 1. The van der Waals surface area contributed by atoms with E-state index >= 15 is 0 Å². The Kier molecular flexibility index (Phi) is 7.54. The van der Waals surface area contributed by atoms with Gasteiger partial charge in [0.1, 0.15) is 0 Å². The van der Waals surface area contributed by atoms with Gasteiger partial charge in [-0.05, 0) is 59.7 Å². The van der Waals surface area contributed by atoms with E-state index in [-0.39, 0.29) is 29.8 Å². The van der Waals surface area contributed by atoms with Crippen LogP contribution in [0.4, 0.5) is 0 Å². The number of hydrogen-bond acceptors (Lipinski definition) is 5. The molecule has 4 rings (SSSR count). The Morgan fingerprint density at radius 2 is 1.59 bits per heavy atom. The molecule has 1 amide bonds.